The van der Waals surface area contributed by atoms with Gasteiger partial charge in [0.1, 0.15) is 0 Å². The van der Waals surface area contributed by atoms with E-state index in [-0.39, 0.29) is 17.8 Å². The van der Waals surface area contributed by atoms with Crippen LogP contribution in [-0.2, 0) is 4.79 Å². The number of ketones is 1. The van der Waals surface area contributed by atoms with Crippen molar-refractivity contribution in [2.24, 2.45) is 34.5 Å². The molecule has 2 heteroatoms. The molecule has 22 heavy (non-hydrogen) atoms. The zero-order chi connectivity index (χ0) is 15.5. The lowest BCUT2D eigenvalue weighted by Gasteiger charge is -2.58. The van der Waals surface area contributed by atoms with Gasteiger partial charge < -0.3 is 5.11 Å². The molecule has 0 spiro atoms. The molecule has 4 aliphatic carbocycles. The number of aliphatic hydroxyl groups is 1. The number of aliphatic hydroxyl groups excluding tert-OH is 1. The van der Waals surface area contributed by atoms with Crippen LogP contribution in [0.5, 0.6) is 0 Å². The summed E-state index contributed by atoms with van der Waals surface area (Å²) in [6.07, 6.45) is 11.1. The van der Waals surface area contributed by atoms with E-state index in [9.17, 15) is 9.90 Å². The van der Waals surface area contributed by atoms with Gasteiger partial charge in [-0.1, -0.05) is 19.4 Å². The Morgan fingerprint density at radius 2 is 1.95 bits per heavy atom. The topological polar surface area (TPSA) is 37.3 Å². The van der Waals surface area contributed by atoms with Gasteiger partial charge in [0.2, 0.25) is 0 Å². The number of carbonyl (C=O) groups excluding carboxylic acids is 1. The maximum absolute atomic E-state index is 11.9. The van der Waals surface area contributed by atoms with Crippen molar-refractivity contribution < 1.29 is 9.90 Å². The summed E-state index contributed by atoms with van der Waals surface area (Å²) in [6.45, 7) is 5.24. The van der Waals surface area contributed by atoms with E-state index in [2.05, 4.69) is 13.8 Å². The molecule has 3 unspecified atom stereocenters. The van der Waals surface area contributed by atoms with Gasteiger partial charge in [0.25, 0.3) is 0 Å². The maximum Gasteiger partial charge on any atom is 0.155 e. The normalized spacial score (nSPS) is 50.9. The molecule has 3 fully saturated rings. The summed E-state index contributed by atoms with van der Waals surface area (Å²) in [4.78, 5) is 11.9. The number of hydrogen-bond donors (Lipinski definition) is 1. The van der Waals surface area contributed by atoms with Crippen molar-refractivity contribution in [3.05, 3.63) is 11.6 Å². The number of hydrogen-bond acceptors (Lipinski definition) is 2. The average Bonchev–Trinajstić information content (AvgIpc) is 2.82. The second kappa shape index (κ2) is 4.93. The van der Waals surface area contributed by atoms with E-state index >= 15 is 0 Å². The van der Waals surface area contributed by atoms with Crippen LogP contribution in [0.25, 0.3) is 0 Å². The Morgan fingerprint density at radius 1 is 1.14 bits per heavy atom. The van der Waals surface area contributed by atoms with E-state index in [1.807, 2.05) is 6.08 Å². The quantitative estimate of drug-likeness (QED) is 0.791. The van der Waals surface area contributed by atoms with Crippen molar-refractivity contribution in [2.75, 3.05) is 6.61 Å². The van der Waals surface area contributed by atoms with Crippen LogP contribution in [0.15, 0.2) is 11.6 Å². The molecule has 0 amide bonds. The first-order valence-corrected chi connectivity index (χ1v) is 9.36. The zero-order valence-corrected chi connectivity index (χ0v) is 14.1. The van der Waals surface area contributed by atoms with Gasteiger partial charge in [0.15, 0.2) is 5.78 Å². The average molecular weight is 302 g/mol. The van der Waals surface area contributed by atoms with E-state index in [1.54, 1.807) is 0 Å². The highest BCUT2D eigenvalue weighted by atomic mass is 16.3. The highest BCUT2D eigenvalue weighted by Gasteiger charge is 2.59. The first-order chi connectivity index (χ1) is 10.5. The Bertz CT molecular complexity index is 522. The summed E-state index contributed by atoms with van der Waals surface area (Å²) < 4.78 is 0. The molecule has 0 aromatic heterocycles. The minimum Gasteiger partial charge on any atom is -0.395 e. The number of carbonyl (C=O) groups is 1. The van der Waals surface area contributed by atoms with Crippen LogP contribution in [0.2, 0.25) is 0 Å². The Kier molecular flexibility index (Phi) is 3.35. The SMILES string of the molecule is C[C@H]1CCC2C3CCC4=CC(=O)CC[C@]4(CO)C3CC[C@@]21C. The molecular formula is C20H30O2. The minimum atomic E-state index is -0.0516. The molecule has 1 N–H and O–H groups in total. The Labute approximate surface area is 134 Å². The molecule has 3 saturated carbocycles. The molecule has 0 aliphatic heterocycles. The fourth-order valence-corrected chi connectivity index (χ4v) is 6.92. The van der Waals surface area contributed by atoms with Crippen LogP contribution in [0, 0.1) is 34.5 Å². The van der Waals surface area contributed by atoms with Crippen LogP contribution >= 0.6 is 0 Å². The van der Waals surface area contributed by atoms with Gasteiger partial charge >= 0.3 is 0 Å². The van der Waals surface area contributed by atoms with Gasteiger partial charge in [0, 0.05) is 11.8 Å². The highest BCUT2D eigenvalue weighted by molar-refractivity contribution is 5.91. The van der Waals surface area contributed by atoms with Crippen LogP contribution in [0.1, 0.15) is 65.2 Å². The lowest BCUT2D eigenvalue weighted by Crippen LogP contribution is -2.52. The summed E-state index contributed by atoms with van der Waals surface area (Å²) >= 11 is 0. The second-order valence-corrected chi connectivity index (χ2v) is 8.89. The molecule has 0 heterocycles. The Morgan fingerprint density at radius 3 is 2.73 bits per heavy atom. The highest BCUT2D eigenvalue weighted by Crippen LogP contribution is 2.66. The van der Waals surface area contributed by atoms with Gasteiger partial charge in [-0.25, -0.2) is 0 Å². The van der Waals surface area contributed by atoms with E-state index < -0.39 is 0 Å². The first-order valence-electron chi connectivity index (χ1n) is 9.36. The molecule has 0 aromatic carbocycles. The molecular weight excluding hydrogens is 272 g/mol. The number of rotatable bonds is 1. The molecule has 4 aliphatic rings. The molecule has 6 atom stereocenters. The van der Waals surface area contributed by atoms with Gasteiger partial charge in [-0.2, -0.15) is 0 Å². The Balaban J connectivity index is 1.71. The molecule has 0 saturated heterocycles. The van der Waals surface area contributed by atoms with Gasteiger partial charge in [0.05, 0.1) is 6.61 Å². The fraction of sp³-hybridized carbons (Fsp3) is 0.850. The lowest BCUT2D eigenvalue weighted by atomic mass is 9.46. The molecule has 0 aromatic rings. The maximum atomic E-state index is 11.9. The third-order valence-electron chi connectivity index (χ3n) is 8.44. The van der Waals surface area contributed by atoms with Crippen molar-refractivity contribution in [1.82, 2.24) is 0 Å². The van der Waals surface area contributed by atoms with Gasteiger partial charge in [-0.3, -0.25) is 4.79 Å². The van der Waals surface area contributed by atoms with E-state index in [4.69, 9.17) is 0 Å². The first kappa shape index (κ1) is 14.9. The van der Waals surface area contributed by atoms with Crippen LogP contribution in [-0.4, -0.2) is 17.5 Å². The summed E-state index contributed by atoms with van der Waals surface area (Å²) in [5, 5.41) is 10.3. The molecule has 122 valence electrons. The number of fused-ring (bicyclic) bond motifs is 5. The second-order valence-electron chi connectivity index (χ2n) is 8.89. The van der Waals surface area contributed by atoms with Crippen molar-refractivity contribution in [3.63, 3.8) is 0 Å². The van der Waals surface area contributed by atoms with E-state index in [0.717, 1.165) is 30.6 Å². The van der Waals surface area contributed by atoms with Gasteiger partial charge in [-0.15, -0.1) is 0 Å². The lowest BCUT2D eigenvalue weighted by molar-refractivity contribution is -0.119. The summed E-state index contributed by atoms with van der Waals surface area (Å²) in [5.41, 5.74) is 1.77. The fourth-order valence-electron chi connectivity index (χ4n) is 6.92. The zero-order valence-electron chi connectivity index (χ0n) is 14.1. The smallest absolute Gasteiger partial charge is 0.155 e. The third-order valence-corrected chi connectivity index (χ3v) is 8.44. The molecule has 4 rings (SSSR count). The van der Waals surface area contributed by atoms with Crippen LogP contribution in [0.3, 0.4) is 0 Å². The minimum absolute atomic E-state index is 0.0516. The molecule has 0 bridgehead atoms. The monoisotopic (exact) mass is 302 g/mol. The molecule has 0 radical (unpaired) electrons. The standard InChI is InChI=1S/C20H30O2/c1-13-3-6-17-16-5-4-14-11-15(22)7-10-20(14,12-21)18(16)8-9-19(13,17)2/h11,13,16-18,21H,3-10,12H2,1-2H3/t13-,16?,17?,18?,19+,20+/m0/s1. The van der Waals surface area contributed by atoms with Crippen LogP contribution < -0.4 is 0 Å². The van der Waals surface area contributed by atoms with E-state index in [0.29, 0.717) is 17.8 Å². The van der Waals surface area contributed by atoms with Crippen molar-refractivity contribution in [2.45, 2.75) is 65.2 Å². The summed E-state index contributed by atoms with van der Waals surface area (Å²) in [7, 11) is 0. The predicted molar refractivity (Wildman–Crippen MR) is 87.3 cm³/mol. The van der Waals surface area contributed by atoms with Crippen molar-refractivity contribution >= 4 is 5.78 Å². The summed E-state index contributed by atoms with van der Waals surface area (Å²) in [6, 6.07) is 0. The largest absolute Gasteiger partial charge is 0.395 e. The summed E-state index contributed by atoms with van der Waals surface area (Å²) in [5.74, 6) is 3.39. The third kappa shape index (κ3) is 1.79. The van der Waals surface area contributed by atoms with Crippen molar-refractivity contribution in [3.8, 4) is 0 Å². The van der Waals surface area contributed by atoms with E-state index in [1.165, 1.54) is 37.7 Å². The van der Waals surface area contributed by atoms with Crippen LogP contribution in [0.4, 0.5) is 0 Å². The van der Waals surface area contributed by atoms with Gasteiger partial charge in [-0.05, 0) is 80.1 Å². The predicted octanol–water partition coefficient (Wildman–Crippen LogP) is 4.13. The van der Waals surface area contributed by atoms with Crippen molar-refractivity contribution in [1.29, 1.82) is 0 Å². The Hall–Kier alpha value is -0.630. The molecule has 2 nitrogen and oxygen atoms in total.